The average molecular weight is 327 g/mol. The Morgan fingerprint density at radius 1 is 1.30 bits per heavy atom. The molecule has 0 spiro atoms. The predicted octanol–water partition coefficient (Wildman–Crippen LogP) is 4.37. The van der Waals surface area contributed by atoms with Crippen LogP contribution in [0.15, 0.2) is 18.3 Å². The Kier molecular flexibility index (Phi) is 16.3. The van der Waals surface area contributed by atoms with Gasteiger partial charge in [-0.05, 0) is 25.5 Å². The summed E-state index contributed by atoms with van der Waals surface area (Å²) in [6.07, 6.45) is 4.28. The minimum Gasteiger partial charge on any atom is -0.490 e. The van der Waals surface area contributed by atoms with Crippen molar-refractivity contribution in [2.75, 3.05) is 13.2 Å². The Labute approximate surface area is 143 Å². The second-order valence-electron chi connectivity index (χ2n) is 4.90. The molecule has 1 aromatic heterocycles. The number of aromatic amines is 1. The molecule has 0 saturated carbocycles. The van der Waals surface area contributed by atoms with Gasteiger partial charge < -0.3 is 20.1 Å². The first-order valence-electron chi connectivity index (χ1n) is 8.95. The number of rotatable bonds is 8. The lowest BCUT2D eigenvalue weighted by molar-refractivity contribution is 0.0911. The number of aromatic nitrogens is 1. The van der Waals surface area contributed by atoms with Crippen LogP contribution in [0.3, 0.4) is 0 Å². The number of H-pyrrole nitrogens is 1. The Balaban J connectivity index is 0. The zero-order valence-corrected chi connectivity index (χ0v) is 16.4. The van der Waals surface area contributed by atoms with E-state index in [1.807, 2.05) is 53.0 Å². The predicted molar refractivity (Wildman–Crippen MR) is 102 cm³/mol. The van der Waals surface area contributed by atoms with Crippen molar-refractivity contribution in [1.82, 2.24) is 10.3 Å². The van der Waals surface area contributed by atoms with Gasteiger partial charge in [-0.3, -0.25) is 0 Å². The van der Waals surface area contributed by atoms with Crippen LogP contribution in [0.4, 0.5) is 0 Å². The fraction of sp³-hybridized carbons (Fsp3) is 0.684. The molecule has 0 aliphatic carbocycles. The first kappa shape index (κ1) is 24.0. The Morgan fingerprint density at radius 3 is 2.39 bits per heavy atom. The molecule has 1 atom stereocenters. The van der Waals surface area contributed by atoms with Crippen molar-refractivity contribution >= 4 is 5.76 Å². The highest BCUT2D eigenvalue weighted by molar-refractivity contribution is 5.61. The fourth-order valence-corrected chi connectivity index (χ4v) is 1.86. The van der Waals surface area contributed by atoms with E-state index in [-0.39, 0.29) is 0 Å². The van der Waals surface area contributed by atoms with E-state index >= 15 is 0 Å². The summed E-state index contributed by atoms with van der Waals surface area (Å²) < 4.78 is 5.72. The van der Waals surface area contributed by atoms with E-state index in [1.54, 1.807) is 0 Å². The third-order valence-electron chi connectivity index (χ3n) is 2.91. The van der Waals surface area contributed by atoms with E-state index in [0.717, 1.165) is 23.4 Å². The van der Waals surface area contributed by atoms with Crippen molar-refractivity contribution in [1.29, 1.82) is 0 Å². The van der Waals surface area contributed by atoms with Gasteiger partial charge in [0.15, 0.2) is 0 Å². The van der Waals surface area contributed by atoms with Crippen LogP contribution < -0.4 is 5.32 Å². The molecule has 136 valence electrons. The zero-order chi connectivity index (χ0) is 18.3. The van der Waals surface area contributed by atoms with E-state index in [4.69, 9.17) is 4.74 Å². The average Bonchev–Trinajstić information content (AvgIpc) is 3.06. The number of hydrogen-bond donors (Lipinski definition) is 3. The first-order chi connectivity index (χ1) is 11.1. The zero-order valence-electron chi connectivity index (χ0n) is 16.4. The molecule has 1 rings (SSSR count). The van der Waals surface area contributed by atoms with E-state index in [9.17, 15) is 5.11 Å². The number of aryl methyl sites for hydroxylation is 1. The van der Waals surface area contributed by atoms with Crippen molar-refractivity contribution in [3.63, 3.8) is 0 Å². The van der Waals surface area contributed by atoms with E-state index < -0.39 is 6.10 Å². The summed E-state index contributed by atoms with van der Waals surface area (Å²) in [7, 11) is 0. The Bertz CT molecular complexity index is 398. The largest absolute Gasteiger partial charge is 0.490 e. The van der Waals surface area contributed by atoms with Gasteiger partial charge in [0, 0.05) is 30.0 Å². The monoisotopic (exact) mass is 326 g/mol. The van der Waals surface area contributed by atoms with Gasteiger partial charge in [0.2, 0.25) is 0 Å². The number of allylic oxidation sites excluding steroid dienone is 1. The van der Waals surface area contributed by atoms with Gasteiger partial charge in [0.05, 0.1) is 0 Å². The second kappa shape index (κ2) is 15.6. The van der Waals surface area contributed by atoms with Crippen LogP contribution in [0.5, 0.6) is 0 Å². The van der Waals surface area contributed by atoms with Crippen molar-refractivity contribution in [2.24, 2.45) is 0 Å². The molecule has 0 saturated heterocycles. The molecule has 1 aromatic rings. The molecule has 0 bridgehead atoms. The smallest absolute Gasteiger partial charge is 0.124 e. The fourth-order valence-electron chi connectivity index (χ4n) is 1.86. The highest BCUT2D eigenvalue weighted by Gasteiger charge is 2.11. The van der Waals surface area contributed by atoms with E-state index in [0.29, 0.717) is 19.2 Å². The molecule has 0 amide bonds. The molecule has 3 N–H and O–H groups in total. The van der Waals surface area contributed by atoms with Crippen molar-refractivity contribution in [3.05, 3.63) is 29.6 Å². The summed E-state index contributed by atoms with van der Waals surface area (Å²) in [5.41, 5.74) is 2.23. The molecular formula is C19H38N2O2. The van der Waals surface area contributed by atoms with Crippen molar-refractivity contribution < 1.29 is 9.84 Å². The van der Waals surface area contributed by atoms with Gasteiger partial charge in [-0.1, -0.05) is 48.5 Å². The van der Waals surface area contributed by atoms with Gasteiger partial charge in [0.25, 0.3) is 0 Å². The maximum absolute atomic E-state index is 9.84. The molecule has 0 aliphatic rings. The number of aliphatic hydroxyl groups is 1. The first-order valence-corrected chi connectivity index (χ1v) is 8.95. The van der Waals surface area contributed by atoms with Crippen LogP contribution in [-0.4, -0.2) is 35.4 Å². The molecule has 23 heavy (non-hydrogen) atoms. The lowest BCUT2D eigenvalue weighted by Crippen LogP contribution is -2.34. The molecule has 1 heterocycles. The number of ether oxygens (including phenoxy) is 1. The van der Waals surface area contributed by atoms with Gasteiger partial charge in [-0.25, -0.2) is 0 Å². The molecule has 0 aromatic carbocycles. The number of aliphatic hydroxyl groups excluding tert-OH is 1. The maximum Gasteiger partial charge on any atom is 0.124 e. The van der Waals surface area contributed by atoms with Crippen molar-refractivity contribution in [2.45, 2.75) is 74.0 Å². The summed E-state index contributed by atoms with van der Waals surface area (Å²) in [6, 6.07) is 2.37. The summed E-state index contributed by atoms with van der Waals surface area (Å²) in [5, 5.41) is 13.0. The van der Waals surface area contributed by atoms with Gasteiger partial charge in [-0.2, -0.15) is 0 Å². The van der Waals surface area contributed by atoms with Crippen LogP contribution in [0.1, 0.15) is 66.6 Å². The molecule has 4 heteroatoms. The summed E-state index contributed by atoms with van der Waals surface area (Å²) in [5.74, 6) is 0.821. The lowest BCUT2D eigenvalue weighted by atomic mass is 10.1. The molecule has 4 nitrogen and oxygen atoms in total. The van der Waals surface area contributed by atoms with Crippen LogP contribution in [-0.2, 0) is 11.2 Å². The van der Waals surface area contributed by atoms with E-state index in [1.165, 1.54) is 0 Å². The van der Waals surface area contributed by atoms with Crippen LogP contribution in [0, 0.1) is 0 Å². The Hall–Kier alpha value is -1.26. The third kappa shape index (κ3) is 10.2. The van der Waals surface area contributed by atoms with E-state index in [2.05, 4.69) is 31.1 Å². The normalized spacial score (nSPS) is 12.0. The summed E-state index contributed by atoms with van der Waals surface area (Å²) in [6.45, 7) is 17.0. The topological polar surface area (TPSA) is 57.3 Å². The van der Waals surface area contributed by atoms with Gasteiger partial charge in [0.1, 0.15) is 18.5 Å². The Morgan fingerprint density at radius 2 is 1.91 bits per heavy atom. The minimum absolute atomic E-state index is 0.299. The SMILES string of the molecule is C/C=C(/OCC(O)CNC(C)C)c1cc[nH]c1CC.CC.CC. The molecule has 0 aliphatic heterocycles. The minimum atomic E-state index is -0.499. The van der Waals surface area contributed by atoms with Crippen molar-refractivity contribution in [3.8, 4) is 0 Å². The number of nitrogens with one attached hydrogen (secondary N) is 2. The maximum atomic E-state index is 9.84. The molecule has 0 radical (unpaired) electrons. The highest BCUT2D eigenvalue weighted by atomic mass is 16.5. The summed E-state index contributed by atoms with van der Waals surface area (Å²) in [4.78, 5) is 3.20. The lowest BCUT2D eigenvalue weighted by Gasteiger charge is -2.16. The second-order valence-corrected chi connectivity index (χ2v) is 4.90. The third-order valence-corrected chi connectivity index (χ3v) is 2.91. The quantitative estimate of drug-likeness (QED) is 0.622. The van der Waals surface area contributed by atoms with Crippen LogP contribution in [0.2, 0.25) is 0 Å². The summed E-state index contributed by atoms with van der Waals surface area (Å²) >= 11 is 0. The molecule has 0 fully saturated rings. The van der Waals surface area contributed by atoms with Gasteiger partial charge >= 0.3 is 0 Å². The number of hydrogen-bond acceptors (Lipinski definition) is 3. The highest BCUT2D eigenvalue weighted by Crippen LogP contribution is 2.20. The standard InChI is InChI=1S/C15H26N2O2.2C2H6/c1-5-14-13(7-8-16-14)15(6-2)19-10-12(18)9-17-11(3)4;2*1-2/h6-8,11-12,16-18H,5,9-10H2,1-4H3;2*1-2H3/b15-6+;;. The molecule has 1 unspecified atom stereocenters. The van der Waals surface area contributed by atoms with Crippen LogP contribution >= 0.6 is 0 Å². The van der Waals surface area contributed by atoms with Crippen LogP contribution in [0.25, 0.3) is 5.76 Å². The van der Waals surface area contributed by atoms with Gasteiger partial charge in [-0.15, -0.1) is 0 Å². The molecular weight excluding hydrogens is 288 g/mol.